The molecule has 2 saturated heterocycles. The number of nitrogens with one attached hydrogen (secondary N) is 1. The van der Waals surface area contributed by atoms with E-state index in [4.69, 9.17) is 9.72 Å². The van der Waals surface area contributed by atoms with Gasteiger partial charge in [-0.15, -0.1) is 0 Å². The predicted molar refractivity (Wildman–Crippen MR) is 102 cm³/mol. The van der Waals surface area contributed by atoms with Crippen molar-refractivity contribution < 1.29 is 14.3 Å². The van der Waals surface area contributed by atoms with E-state index in [0.717, 1.165) is 30.1 Å². The fourth-order valence-corrected chi connectivity index (χ4v) is 3.74. The molecule has 2 fully saturated rings. The largest absolute Gasteiger partial charge is 0.378 e. The van der Waals surface area contributed by atoms with Gasteiger partial charge < -0.3 is 24.4 Å². The van der Waals surface area contributed by atoms with Crippen LogP contribution in [0.25, 0.3) is 11.0 Å². The number of rotatable bonds is 2. The Balaban J connectivity index is 1.62. The summed E-state index contributed by atoms with van der Waals surface area (Å²) in [6.07, 6.45) is 0.336. The molecule has 3 heterocycles. The van der Waals surface area contributed by atoms with Gasteiger partial charge in [0.2, 0.25) is 11.9 Å². The molecule has 144 valence electrons. The van der Waals surface area contributed by atoms with Gasteiger partial charge in [0.15, 0.2) is 0 Å². The highest BCUT2D eigenvalue weighted by Crippen LogP contribution is 2.24. The molecule has 8 heteroatoms. The zero-order valence-electron chi connectivity index (χ0n) is 15.8. The highest BCUT2D eigenvalue weighted by atomic mass is 16.5. The third-order valence-electron chi connectivity index (χ3n) is 5.37. The highest BCUT2D eigenvalue weighted by Gasteiger charge is 2.26. The van der Waals surface area contributed by atoms with Crippen LogP contribution in [0.4, 0.5) is 5.95 Å². The van der Waals surface area contributed by atoms with Crippen molar-refractivity contribution in [2.75, 3.05) is 44.3 Å². The molecule has 1 atom stereocenters. The second kappa shape index (κ2) is 7.19. The van der Waals surface area contributed by atoms with E-state index in [1.165, 1.54) is 0 Å². The number of hydrogen-bond acceptors (Lipinski definition) is 5. The molecule has 0 spiro atoms. The molecular weight excluding hydrogens is 346 g/mol. The van der Waals surface area contributed by atoms with Crippen LogP contribution in [0.5, 0.6) is 0 Å². The molecular formula is C19H25N5O3. The second-order valence-electron chi connectivity index (χ2n) is 7.18. The zero-order chi connectivity index (χ0) is 19.0. The summed E-state index contributed by atoms with van der Waals surface area (Å²) in [5, 5.41) is 2.84. The quantitative estimate of drug-likeness (QED) is 0.843. The first kappa shape index (κ1) is 17.8. The van der Waals surface area contributed by atoms with E-state index in [1.54, 1.807) is 4.90 Å². The minimum Gasteiger partial charge on any atom is -0.378 e. The first-order valence-electron chi connectivity index (χ1n) is 9.41. The molecule has 4 rings (SSSR count). The fraction of sp³-hybridized carbons (Fsp3) is 0.526. The first-order valence-corrected chi connectivity index (χ1v) is 9.41. The molecule has 0 aliphatic carbocycles. The Kier molecular flexibility index (Phi) is 4.73. The van der Waals surface area contributed by atoms with E-state index in [1.807, 2.05) is 32.2 Å². The lowest BCUT2D eigenvalue weighted by Gasteiger charge is -2.27. The van der Waals surface area contributed by atoms with Crippen molar-refractivity contribution in [2.45, 2.75) is 19.4 Å². The van der Waals surface area contributed by atoms with Crippen molar-refractivity contribution in [3.05, 3.63) is 23.8 Å². The van der Waals surface area contributed by atoms with Gasteiger partial charge in [-0.05, 0) is 25.1 Å². The number of fused-ring (bicyclic) bond motifs is 1. The van der Waals surface area contributed by atoms with E-state index in [-0.39, 0.29) is 17.9 Å². The molecule has 1 N–H and O–H groups in total. The van der Waals surface area contributed by atoms with Crippen LogP contribution in [0.2, 0.25) is 0 Å². The Morgan fingerprint density at radius 2 is 2.04 bits per heavy atom. The number of amides is 2. The second-order valence-corrected chi connectivity index (χ2v) is 7.18. The molecule has 0 bridgehead atoms. The van der Waals surface area contributed by atoms with Gasteiger partial charge >= 0.3 is 0 Å². The standard InChI is InChI=1S/C19H25N5O3/c1-13-12-20-17(25)5-6-24(13)18(26)14-3-4-16-15(11-14)21-19(22(16)2)23-7-9-27-10-8-23/h3-4,11,13H,5-10,12H2,1-2H3,(H,20,25)/t13-/m1/s1. The SMILES string of the molecule is C[C@@H]1CNC(=O)CCN1C(=O)c1ccc2c(c1)nc(N1CCOCC1)n2C. The average molecular weight is 371 g/mol. The molecule has 2 amide bonds. The van der Waals surface area contributed by atoms with Crippen LogP contribution in [-0.2, 0) is 16.6 Å². The maximum atomic E-state index is 13.0. The topological polar surface area (TPSA) is 79.7 Å². The van der Waals surface area contributed by atoms with Crippen LogP contribution < -0.4 is 10.2 Å². The summed E-state index contributed by atoms with van der Waals surface area (Å²) in [6, 6.07) is 5.62. The monoisotopic (exact) mass is 371 g/mol. The molecule has 0 unspecified atom stereocenters. The molecule has 1 aromatic carbocycles. The van der Waals surface area contributed by atoms with E-state index < -0.39 is 0 Å². The molecule has 27 heavy (non-hydrogen) atoms. The van der Waals surface area contributed by atoms with Gasteiger partial charge in [-0.1, -0.05) is 0 Å². The Morgan fingerprint density at radius 3 is 2.81 bits per heavy atom. The maximum Gasteiger partial charge on any atom is 0.254 e. The lowest BCUT2D eigenvalue weighted by atomic mass is 10.1. The molecule has 1 aromatic heterocycles. The van der Waals surface area contributed by atoms with Gasteiger partial charge in [-0.25, -0.2) is 4.98 Å². The van der Waals surface area contributed by atoms with Gasteiger partial charge in [-0.3, -0.25) is 9.59 Å². The summed E-state index contributed by atoms with van der Waals surface area (Å²) < 4.78 is 7.48. The van der Waals surface area contributed by atoms with Crippen LogP contribution in [-0.4, -0.2) is 71.7 Å². The number of carbonyl (C=O) groups excluding carboxylic acids is 2. The van der Waals surface area contributed by atoms with E-state index >= 15 is 0 Å². The van der Waals surface area contributed by atoms with Crippen molar-refractivity contribution in [3.63, 3.8) is 0 Å². The Labute approximate surface area is 158 Å². The third kappa shape index (κ3) is 3.37. The van der Waals surface area contributed by atoms with E-state index in [9.17, 15) is 9.59 Å². The number of ether oxygens (including phenoxy) is 1. The fourth-order valence-electron chi connectivity index (χ4n) is 3.74. The highest BCUT2D eigenvalue weighted by molar-refractivity contribution is 5.98. The van der Waals surface area contributed by atoms with Crippen LogP contribution in [0.1, 0.15) is 23.7 Å². The number of imidazole rings is 1. The van der Waals surface area contributed by atoms with Gasteiger partial charge in [0.05, 0.1) is 24.2 Å². The van der Waals surface area contributed by atoms with Crippen molar-refractivity contribution >= 4 is 28.8 Å². The zero-order valence-corrected chi connectivity index (χ0v) is 15.8. The third-order valence-corrected chi connectivity index (χ3v) is 5.37. The number of carbonyl (C=O) groups is 2. The van der Waals surface area contributed by atoms with E-state index in [2.05, 4.69) is 14.8 Å². The summed E-state index contributed by atoms with van der Waals surface area (Å²) in [4.78, 5) is 33.4. The lowest BCUT2D eigenvalue weighted by molar-refractivity contribution is -0.120. The number of aryl methyl sites for hydroxylation is 1. The molecule has 0 radical (unpaired) electrons. The van der Waals surface area contributed by atoms with Gasteiger partial charge in [-0.2, -0.15) is 0 Å². The van der Waals surface area contributed by atoms with Crippen molar-refractivity contribution in [2.24, 2.45) is 7.05 Å². The van der Waals surface area contributed by atoms with Crippen molar-refractivity contribution in [1.29, 1.82) is 0 Å². The van der Waals surface area contributed by atoms with Gasteiger partial charge in [0.1, 0.15) is 0 Å². The number of morpholine rings is 1. The number of hydrogen-bond donors (Lipinski definition) is 1. The number of anilines is 1. The van der Waals surface area contributed by atoms with Crippen LogP contribution >= 0.6 is 0 Å². The summed E-state index contributed by atoms with van der Waals surface area (Å²) in [5.74, 6) is 0.836. The minimum absolute atomic E-state index is 0.00696. The van der Waals surface area contributed by atoms with E-state index in [0.29, 0.717) is 38.3 Å². The minimum atomic E-state index is -0.0560. The summed E-state index contributed by atoms with van der Waals surface area (Å²) in [5.41, 5.74) is 2.41. The summed E-state index contributed by atoms with van der Waals surface area (Å²) in [6.45, 7) is 5.91. The average Bonchev–Trinajstić information content (AvgIpc) is 2.92. The van der Waals surface area contributed by atoms with Crippen LogP contribution in [0, 0.1) is 0 Å². The number of nitrogens with zero attached hydrogens (tertiary/aromatic N) is 4. The van der Waals surface area contributed by atoms with Crippen LogP contribution in [0.3, 0.4) is 0 Å². The summed E-state index contributed by atoms with van der Waals surface area (Å²) >= 11 is 0. The predicted octanol–water partition coefficient (Wildman–Crippen LogP) is 0.761. The molecule has 2 aliphatic rings. The number of aromatic nitrogens is 2. The maximum absolute atomic E-state index is 13.0. The Bertz CT molecular complexity index is 872. The molecule has 2 aromatic rings. The van der Waals surface area contributed by atoms with Gasteiger partial charge in [0.25, 0.3) is 5.91 Å². The normalized spacial score (nSPS) is 21.3. The van der Waals surface area contributed by atoms with Gasteiger partial charge in [0, 0.05) is 51.3 Å². The van der Waals surface area contributed by atoms with Crippen LogP contribution in [0.15, 0.2) is 18.2 Å². The smallest absolute Gasteiger partial charge is 0.254 e. The first-order chi connectivity index (χ1) is 13.0. The molecule has 2 aliphatic heterocycles. The lowest BCUT2D eigenvalue weighted by Crippen LogP contribution is -2.41. The molecule has 0 saturated carbocycles. The van der Waals surface area contributed by atoms with Crippen molar-refractivity contribution in [3.8, 4) is 0 Å². The van der Waals surface area contributed by atoms with Crippen molar-refractivity contribution in [1.82, 2.24) is 19.8 Å². The number of benzene rings is 1. The Morgan fingerprint density at radius 1 is 1.26 bits per heavy atom. The molecule has 8 nitrogen and oxygen atoms in total. The Hall–Kier alpha value is -2.61. The summed E-state index contributed by atoms with van der Waals surface area (Å²) in [7, 11) is 2.00.